The zero-order chi connectivity index (χ0) is 13.0. The minimum Gasteiger partial charge on any atom is -0.493 e. The van der Waals surface area contributed by atoms with E-state index < -0.39 is 0 Å². The van der Waals surface area contributed by atoms with Crippen molar-refractivity contribution in [1.29, 1.82) is 0 Å². The molecule has 0 aliphatic heterocycles. The number of hydrazine groups is 1. The number of methoxy groups -OCH3 is 1. The monoisotopic (exact) mass is 252 g/mol. The third kappa shape index (κ3) is 2.52. The molecule has 1 heterocycles. The summed E-state index contributed by atoms with van der Waals surface area (Å²) < 4.78 is 7.41. The summed E-state index contributed by atoms with van der Waals surface area (Å²) in [6.45, 7) is 2.92. The number of nitrogens with one attached hydrogen (secondary N) is 1. The van der Waals surface area contributed by atoms with Gasteiger partial charge in [0.25, 0.3) is 0 Å². The van der Waals surface area contributed by atoms with E-state index in [2.05, 4.69) is 17.4 Å². The van der Waals surface area contributed by atoms with Crippen LogP contribution in [-0.2, 0) is 6.54 Å². The van der Waals surface area contributed by atoms with Gasteiger partial charge in [-0.15, -0.1) is 0 Å². The Kier molecular flexibility index (Phi) is 4.60. The molecule has 0 aromatic carbocycles. The van der Waals surface area contributed by atoms with Gasteiger partial charge in [0.15, 0.2) is 5.75 Å². The van der Waals surface area contributed by atoms with Crippen LogP contribution in [0.4, 0.5) is 0 Å². The summed E-state index contributed by atoms with van der Waals surface area (Å²) in [4.78, 5) is 0. The predicted octanol–water partition coefficient (Wildman–Crippen LogP) is 2.00. The van der Waals surface area contributed by atoms with Gasteiger partial charge in [-0.05, 0) is 25.7 Å². The third-order valence-electron chi connectivity index (χ3n) is 3.96. The lowest BCUT2D eigenvalue weighted by molar-refractivity contribution is 0.257. The Hall–Kier alpha value is -1.07. The van der Waals surface area contributed by atoms with Gasteiger partial charge in [0.2, 0.25) is 0 Å². The van der Waals surface area contributed by atoms with Crippen LogP contribution in [0.1, 0.15) is 50.8 Å². The first-order chi connectivity index (χ1) is 8.81. The van der Waals surface area contributed by atoms with Gasteiger partial charge in [-0.3, -0.25) is 16.0 Å². The highest BCUT2D eigenvalue weighted by Crippen LogP contribution is 2.37. The van der Waals surface area contributed by atoms with Crippen molar-refractivity contribution in [3.05, 3.63) is 11.9 Å². The van der Waals surface area contributed by atoms with Crippen molar-refractivity contribution in [1.82, 2.24) is 15.2 Å². The van der Waals surface area contributed by atoms with Crippen molar-refractivity contribution in [3.63, 3.8) is 0 Å². The number of hydrogen-bond acceptors (Lipinski definition) is 4. The second-order valence-corrected chi connectivity index (χ2v) is 4.96. The zero-order valence-electron chi connectivity index (χ0n) is 11.4. The largest absolute Gasteiger partial charge is 0.493 e. The highest BCUT2D eigenvalue weighted by atomic mass is 16.5. The van der Waals surface area contributed by atoms with Gasteiger partial charge >= 0.3 is 0 Å². The molecule has 0 amide bonds. The van der Waals surface area contributed by atoms with Crippen molar-refractivity contribution in [2.24, 2.45) is 11.8 Å². The van der Waals surface area contributed by atoms with Crippen LogP contribution in [0.5, 0.6) is 5.75 Å². The van der Waals surface area contributed by atoms with E-state index in [1.807, 2.05) is 4.68 Å². The molecule has 0 radical (unpaired) electrons. The van der Waals surface area contributed by atoms with Gasteiger partial charge in [0.1, 0.15) is 0 Å². The van der Waals surface area contributed by atoms with Crippen molar-refractivity contribution in [2.75, 3.05) is 7.11 Å². The molecular formula is C13H24N4O. The normalized spacial score (nSPS) is 18.8. The second kappa shape index (κ2) is 6.20. The second-order valence-electron chi connectivity index (χ2n) is 4.96. The van der Waals surface area contributed by atoms with Gasteiger partial charge in [-0.1, -0.05) is 19.3 Å². The van der Waals surface area contributed by atoms with E-state index >= 15 is 0 Å². The number of rotatable bonds is 5. The molecule has 1 aromatic rings. The lowest BCUT2D eigenvalue weighted by Crippen LogP contribution is -2.36. The van der Waals surface area contributed by atoms with Crippen LogP contribution in [0, 0.1) is 5.92 Å². The van der Waals surface area contributed by atoms with Crippen molar-refractivity contribution in [3.8, 4) is 5.75 Å². The number of aryl methyl sites for hydroxylation is 1. The summed E-state index contributed by atoms with van der Waals surface area (Å²) in [7, 11) is 1.69. The molecule has 18 heavy (non-hydrogen) atoms. The Labute approximate surface area is 109 Å². The van der Waals surface area contributed by atoms with E-state index in [-0.39, 0.29) is 6.04 Å². The highest BCUT2D eigenvalue weighted by Gasteiger charge is 2.29. The first-order valence-corrected chi connectivity index (χ1v) is 6.87. The summed E-state index contributed by atoms with van der Waals surface area (Å²) in [5.41, 5.74) is 4.07. The fraction of sp³-hybridized carbons (Fsp3) is 0.769. The van der Waals surface area contributed by atoms with Gasteiger partial charge in [-0.25, -0.2) is 0 Å². The first kappa shape index (κ1) is 13.4. The van der Waals surface area contributed by atoms with E-state index in [0.29, 0.717) is 5.92 Å². The highest BCUT2D eigenvalue weighted by molar-refractivity contribution is 5.29. The Morgan fingerprint density at radius 3 is 2.78 bits per heavy atom. The molecule has 0 bridgehead atoms. The molecule has 5 heteroatoms. The van der Waals surface area contributed by atoms with Crippen molar-refractivity contribution >= 4 is 0 Å². The van der Waals surface area contributed by atoms with Crippen LogP contribution in [0.2, 0.25) is 0 Å². The Morgan fingerprint density at radius 2 is 2.22 bits per heavy atom. The Morgan fingerprint density at radius 1 is 1.50 bits per heavy atom. The molecule has 5 nitrogen and oxygen atoms in total. The van der Waals surface area contributed by atoms with Gasteiger partial charge in [0, 0.05) is 6.54 Å². The van der Waals surface area contributed by atoms with E-state index in [0.717, 1.165) is 18.0 Å². The molecular weight excluding hydrogens is 228 g/mol. The molecule has 1 unspecified atom stereocenters. The van der Waals surface area contributed by atoms with Crippen molar-refractivity contribution < 1.29 is 4.74 Å². The fourth-order valence-corrected chi connectivity index (χ4v) is 3.01. The quantitative estimate of drug-likeness (QED) is 0.621. The Bertz CT molecular complexity index is 350. The summed E-state index contributed by atoms with van der Waals surface area (Å²) in [5.74, 6) is 7.22. The van der Waals surface area contributed by atoms with Crippen LogP contribution < -0.4 is 16.0 Å². The molecule has 102 valence electrons. The number of hydrogen-bond donors (Lipinski definition) is 2. The van der Waals surface area contributed by atoms with Crippen LogP contribution >= 0.6 is 0 Å². The molecule has 0 spiro atoms. The smallest absolute Gasteiger partial charge is 0.161 e. The van der Waals surface area contributed by atoms with Crippen LogP contribution in [0.25, 0.3) is 0 Å². The molecule has 2 rings (SSSR count). The summed E-state index contributed by atoms with van der Waals surface area (Å²) in [6.07, 6.45) is 8.18. The van der Waals surface area contributed by atoms with Gasteiger partial charge < -0.3 is 4.74 Å². The van der Waals surface area contributed by atoms with Gasteiger partial charge in [-0.2, -0.15) is 5.10 Å². The van der Waals surface area contributed by atoms with Gasteiger partial charge in [0.05, 0.1) is 25.0 Å². The minimum atomic E-state index is 0.141. The van der Waals surface area contributed by atoms with E-state index in [1.54, 1.807) is 13.3 Å². The lowest BCUT2D eigenvalue weighted by Gasteiger charge is -2.30. The average Bonchev–Trinajstić information content (AvgIpc) is 2.84. The Balaban J connectivity index is 2.27. The molecule has 1 atom stereocenters. The minimum absolute atomic E-state index is 0.141. The number of nitrogens with two attached hydrogens (primary N) is 1. The maximum absolute atomic E-state index is 5.80. The number of ether oxygens (including phenoxy) is 1. The maximum atomic E-state index is 5.80. The summed E-state index contributed by atoms with van der Waals surface area (Å²) in [6, 6.07) is 0.141. The molecule has 1 aliphatic carbocycles. The SMILES string of the molecule is CCn1ncc(OC)c1C(NN)C1CCCCC1. The molecule has 1 saturated carbocycles. The van der Waals surface area contributed by atoms with E-state index in [1.165, 1.54) is 32.1 Å². The average molecular weight is 252 g/mol. The summed E-state index contributed by atoms with van der Waals surface area (Å²) >= 11 is 0. The molecule has 0 saturated heterocycles. The molecule has 1 fully saturated rings. The topological polar surface area (TPSA) is 65.1 Å². The number of aromatic nitrogens is 2. The van der Waals surface area contributed by atoms with E-state index in [9.17, 15) is 0 Å². The van der Waals surface area contributed by atoms with Crippen LogP contribution in [0.15, 0.2) is 6.20 Å². The molecule has 3 N–H and O–H groups in total. The molecule has 1 aromatic heterocycles. The third-order valence-corrected chi connectivity index (χ3v) is 3.96. The maximum Gasteiger partial charge on any atom is 0.161 e. The summed E-state index contributed by atoms with van der Waals surface area (Å²) in [5, 5.41) is 4.37. The molecule has 1 aliphatic rings. The zero-order valence-corrected chi connectivity index (χ0v) is 11.4. The van der Waals surface area contributed by atoms with Crippen molar-refractivity contribution in [2.45, 2.75) is 51.6 Å². The van der Waals surface area contributed by atoms with Crippen LogP contribution in [0.3, 0.4) is 0 Å². The lowest BCUT2D eigenvalue weighted by atomic mass is 9.82. The van der Waals surface area contributed by atoms with E-state index in [4.69, 9.17) is 10.6 Å². The standard InChI is InChI=1S/C13H24N4O/c1-3-17-13(11(18-2)9-15-17)12(16-14)10-7-5-4-6-8-10/h9-10,12,16H,3-8,14H2,1-2H3. The first-order valence-electron chi connectivity index (χ1n) is 6.87. The van der Waals surface area contributed by atoms with Crippen LogP contribution in [-0.4, -0.2) is 16.9 Å². The fourth-order valence-electron chi connectivity index (χ4n) is 3.01. The predicted molar refractivity (Wildman–Crippen MR) is 71.1 cm³/mol. The number of nitrogens with zero attached hydrogens (tertiary/aromatic N) is 2.